The van der Waals surface area contributed by atoms with Crippen LogP contribution in [-0.4, -0.2) is 20.4 Å². The maximum atomic E-state index is 12.5. The van der Waals surface area contributed by atoms with Gasteiger partial charge in [-0.25, -0.2) is 13.6 Å². The van der Waals surface area contributed by atoms with E-state index in [4.69, 9.17) is 9.88 Å². The highest BCUT2D eigenvalue weighted by Gasteiger charge is 2.15. The Hall–Kier alpha value is -2.38. The standard InChI is InChI=1S/C17H20N2O4S/c1-11(2)23-16-7-5-4-6-15(16)19-17(20)13-8-12(3)9-14(10-13)24(18,21)22/h4-11H,1-3H3,(H,19,20)(H2,18,21,22). The van der Waals surface area contributed by atoms with Crippen molar-refractivity contribution in [2.24, 2.45) is 5.14 Å². The first-order chi connectivity index (χ1) is 11.2. The molecule has 0 radical (unpaired) electrons. The van der Waals surface area contributed by atoms with Gasteiger partial charge in [-0.1, -0.05) is 12.1 Å². The lowest BCUT2D eigenvalue weighted by molar-refractivity contribution is 0.102. The number of nitrogens with two attached hydrogens (primary N) is 1. The molecular formula is C17H20N2O4S. The van der Waals surface area contributed by atoms with Crippen molar-refractivity contribution < 1.29 is 17.9 Å². The van der Waals surface area contributed by atoms with E-state index in [1.54, 1.807) is 37.3 Å². The van der Waals surface area contributed by atoms with Gasteiger partial charge in [0.05, 0.1) is 16.7 Å². The molecule has 2 aromatic carbocycles. The molecule has 0 atom stereocenters. The number of amides is 1. The normalized spacial score (nSPS) is 11.4. The largest absolute Gasteiger partial charge is 0.489 e. The molecule has 24 heavy (non-hydrogen) atoms. The Morgan fingerprint density at radius 1 is 1.17 bits per heavy atom. The minimum absolute atomic E-state index is 0.0454. The van der Waals surface area contributed by atoms with Gasteiger partial charge in [-0.3, -0.25) is 4.79 Å². The molecule has 0 heterocycles. The van der Waals surface area contributed by atoms with Crippen molar-refractivity contribution in [2.45, 2.75) is 31.8 Å². The van der Waals surface area contributed by atoms with Crippen LogP contribution in [0.1, 0.15) is 29.8 Å². The second-order valence-electron chi connectivity index (χ2n) is 5.70. The molecule has 3 N–H and O–H groups in total. The number of sulfonamides is 1. The predicted molar refractivity (Wildman–Crippen MR) is 92.7 cm³/mol. The number of ether oxygens (including phenoxy) is 1. The van der Waals surface area contributed by atoms with Gasteiger partial charge in [0.2, 0.25) is 10.0 Å². The first kappa shape index (κ1) is 18.0. The van der Waals surface area contributed by atoms with Crippen LogP contribution in [-0.2, 0) is 10.0 Å². The van der Waals surface area contributed by atoms with E-state index in [1.807, 2.05) is 13.8 Å². The average Bonchev–Trinajstić information content (AvgIpc) is 2.47. The number of anilines is 1. The van der Waals surface area contributed by atoms with Crippen molar-refractivity contribution in [3.05, 3.63) is 53.6 Å². The van der Waals surface area contributed by atoms with E-state index in [0.29, 0.717) is 17.0 Å². The molecule has 0 unspecified atom stereocenters. The third kappa shape index (κ3) is 4.56. The summed E-state index contributed by atoms with van der Waals surface area (Å²) < 4.78 is 28.7. The number of hydrogen-bond acceptors (Lipinski definition) is 4. The molecule has 0 aliphatic carbocycles. The van der Waals surface area contributed by atoms with E-state index < -0.39 is 15.9 Å². The van der Waals surface area contributed by atoms with Crippen LogP contribution in [0.25, 0.3) is 0 Å². The number of carbonyl (C=O) groups is 1. The van der Waals surface area contributed by atoms with Crippen LogP contribution in [0.2, 0.25) is 0 Å². The summed E-state index contributed by atoms with van der Waals surface area (Å²) >= 11 is 0. The van der Waals surface area contributed by atoms with Gasteiger partial charge in [0.15, 0.2) is 0 Å². The molecule has 2 rings (SSSR count). The summed E-state index contributed by atoms with van der Waals surface area (Å²) in [6, 6.07) is 11.3. The highest BCUT2D eigenvalue weighted by molar-refractivity contribution is 7.89. The van der Waals surface area contributed by atoms with Crippen LogP contribution in [0.3, 0.4) is 0 Å². The topological polar surface area (TPSA) is 98.5 Å². The molecule has 0 aromatic heterocycles. The number of primary sulfonamides is 1. The van der Waals surface area contributed by atoms with Crippen molar-refractivity contribution in [3.63, 3.8) is 0 Å². The molecule has 0 saturated carbocycles. The smallest absolute Gasteiger partial charge is 0.255 e. The van der Waals surface area contributed by atoms with E-state index in [2.05, 4.69) is 5.32 Å². The summed E-state index contributed by atoms with van der Waals surface area (Å²) in [5, 5.41) is 7.89. The average molecular weight is 348 g/mol. The van der Waals surface area contributed by atoms with Crippen molar-refractivity contribution in [1.82, 2.24) is 0 Å². The summed E-state index contributed by atoms with van der Waals surface area (Å²) in [7, 11) is -3.88. The van der Waals surface area contributed by atoms with Gasteiger partial charge in [-0.2, -0.15) is 0 Å². The number of rotatable bonds is 5. The highest BCUT2D eigenvalue weighted by Crippen LogP contribution is 2.26. The Labute approximate surface area is 141 Å². The lowest BCUT2D eigenvalue weighted by atomic mass is 10.1. The predicted octanol–water partition coefficient (Wildman–Crippen LogP) is 2.68. The number of aryl methyl sites for hydroxylation is 1. The fourth-order valence-electron chi connectivity index (χ4n) is 2.16. The van der Waals surface area contributed by atoms with Crippen LogP contribution in [0.4, 0.5) is 5.69 Å². The summed E-state index contributed by atoms with van der Waals surface area (Å²) in [5.41, 5.74) is 1.34. The number of carbonyl (C=O) groups excluding carboxylic acids is 1. The van der Waals surface area contributed by atoms with E-state index in [0.717, 1.165) is 0 Å². The Balaban J connectivity index is 2.33. The monoisotopic (exact) mass is 348 g/mol. The van der Waals surface area contributed by atoms with Gasteiger partial charge >= 0.3 is 0 Å². The molecule has 7 heteroatoms. The molecule has 0 aliphatic heterocycles. The van der Waals surface area contributed by atoms with Crippen molar-refractivity contribution in [2.75, 3.05) is 5.32 Å². The minimum Gasteiger partial charge on any atom is -0.489 e. The first-order valence-electron chi connectivity index (χ1n) is 7.38. The summed E-state index contributed by atoms with van der Waals surface area (Å²) in [5.74, 6) is 0.101. The molecule has 128 valence electrons. The maximum absolute atomic E-state index is 12.5. The molecule has 0 spiro atoms. The molecule has 0 bridgehead atoms. The zero-order valence-electron chi connectivity index (χ0n) is 13.7. The molecule has 0 saturated heterocycles. The molecule has 1 amide bonds. The number of nitrogens with one attached hydrogen (secondary N) is 1. The Kier molecular flexibility index (Phi) is 5.26. The van der Waals surface area contributed by atoms with Crippen molar-refractivity contribution in [3.8, 4) is 5.75 Å². The Morgan fingerprint density at radius 3 is 2.46 bits per heavy atom. The zero-order valence-corrected chi connectivity index (χ0v) is 14.6. The number of para-hydroxylation sites is 2. The summed E-state index contributed by atoms with van der Waals surface area (Å²) in [6.45, 7) is 5.47. The zero-order chi connectivity index (χ0) is 17.9. The first-order valence-corrected chi connectivity index (χ1v) is 8.93. The SMILES string of the molecule is Cc1cc(C(=O)Nc2ccccc2OC(C)C)cc(S(N)(=O)=O)c1. The van der Waals surface area contributed by atoms with Gasteiger partial charge in [-0.05, 0) is 56.7 Å². The second kappa shape index (κ2) is 7.02. The van der Waals surface area contributed by atoms with Gasteiger partial charge in [0, 0.05) is 5.56 Å². The molecule has 2 aromatic rings. The summed E-state index contributed by atoms with van der Waals surface area (Å²) in [4.78, 5) is 12.4. The van der Waals surface area contributed by atoms with Crippen LogP contribution in [0.5, 0.6) is 5.75 Å². The lowest BCUT2D eigenvalue weighted by Crippen LogP contribution is -2.17. The van der Waals surface area contributed by atoms with E-state index in [1.165, 1.54) is 12.1 Å². The maximum Gasteiger partial charge on any atom is 0.255 e. The highest BCUT2D eigenvalue weighted by atomic mass is 32.2. The molecule has 0 aliphatic rings. The number of benzene rings is 2. The quantitative estimate of drug-likeness (QED) is 0.868. The van der Waals surface area contributed by atoms with Gasteiger partial charge in [0.1, 0.15) is 5.75 Å². The molecule has 0 fully saturated rings. The van der Waals surface area contributed by atoms with Crippen LogP contribution < -0.4 is 15.2 Å². The molecule has 6 nitrogen and oxygen atoms in total. The fraction of sp³-hybridized carbons (Fsp3) is 0.235. The van der Waals surface area contributed by atoms with Crippen LogP contribution in [0.15, 0.2) is 47.4 Å². The van der Waals surface area contributed by atoms with Crippen molar-refractivity contribution >= 4 is 21.6 Å². The van der Waals surface area contributed by atoms with Gasteiger partial charge in [0.25, 0.3) is 5.91 Å². The van der Waals surface area contributed by atoms with E-state index in [-0.39, 0.29) is 16.6 Å². The third-order valence-corrected chi connectivity index (χ3v) is 4.03. The summed E-state index contributed by atoms with van der Waals surface area (Å²) in [6.07, 6.45) is -0.0454. The fourth-order valence-corrected chi connectivity index (χ4v) is 2.81. The number of hydrogen-bond donors (Lipinski definition) is 2. The van der Waals surface area contributed by atoms with Gasteiger partial charge in [-0.15, -0.1) is 0 Å². The van der Waals surface area contributed by atoms with Crippen molar-refractivity contribution in [1.29, 1.82) is 0 Å². The van der Waals surface area contributed by atoms with E-state index in [9.17, 15) is 13.2 Å². The second-order valence-corrected chi connectivity index (χ2v) is 7.26. The Morgan fingerprint density at radius 2 is 1.83 bits per heavy atom. The van der Waals surface area contributed by atoms with Crippen LogP contribution >= 0.6 is 0 Å². The minimum atomic E-state index is -3.88. The molecular weight excluding hydrogens is 328 g/mol. The van der Waals surface area contributed by atoms with Crippen LogP contribution in [0, 0.1) is 6.92 Å². The lowest BCUT2D eigenvalue weighted by Gasteiger charge is -2.15. The third-order valence-electron chi connectivity index (χ3n) is 3.14. The van der Waals surface area contributed by atoms with Gasteiger partial charge < -0.3 is 10.1 Å². The van der Waals surface area contributed by atoms with E-state index >= 15 is 0 Å². The Bertz CT molecular complexity index is 861.